The van der Waals surface area contributed by atoms with E-state index in [4.69, 9.17) is 9.47 Å². The summed E-state index contributed by atoms with van der Waals surface area (Å²) in [5, 5.41) is 11.7. The van der Waals surface area contributed by atoms with E-state index >= 15 is 0 Å². The van der Waals surface area contributed by atoms with Crippen LogP contribution in [-0.4, -0.2) is 36.7 Å². The first-order valence-corrected chi connectivity index (χ1v) is 7.87. The van der Waals surface area contributed by atoms with E-state index in [0.29, 0.717) is 11.5 Å². The van der Waals surface area contributed by atoms with Gasteiger partial charge < -0.3 is 19.9 Å². The molecule has 0 saturated carbocycles. The van der Waals surface area contributed by atoms with Gasteiger partial charge in [0.15, 0.2) is 0 Å². The molecule has 2 aromatic rings. The van der Waals surface area contributed by atoms with Gasteiger partial charge >= 0.3 is 5.97 Å². The normalized spacial score (nSPS) is 11.6. The highest BCUT2D eigenvalue weighted by Gasteiger charge is 2.22. The minimum atomic E-state index is -1.11. The molecule has 25 heavy (non-hydrogen) atoms. The number of aliphatic carboxylic acids is 1. The molecule has 2 aromatic carbocycles. The number of aryl methyl sites for hydroxylation is 1. The molecule has 1 atom stereocenters. The van der Waals surface area contributed by atoms with E-state index in [1.165, 1.54) is 7.11 Å². The number of carboxylic acids is 1. The number of nitrogens with one attached hydrogen (secondary N) is 1. The van der Waals surface area contributed by atoms with Crippen LogP contribution in [0, 0.1) is 6.92 Å². The topological polar surface area (TPSA) is 84.9 Å². The summed E-state index contributed by atoms with van der Waals surface area (Å²) in [6, 6.07) is 13.1. The number of rotatable bonds is 8. The van der Waals surface area contributed by atoms with E-state index in [9.17, 15) is 14.7 Å². The number of para-hydroxylation sites is 1. The fourth-order valence-corrected chi connectivity index (χ4v) is 2.28. The van der Waals surface area contributed by atoms with Crippen molar-refractivity contribution in [1.82, 2.24) is 5.32 Å². The lowest BCUT2D eigenvalue weighted by Gasteiger charge is -2.16. The summed E-state index contributed by atoms with van der Waals surface area (Å²) >= 11 is 0. The van der Waals surface area contributed by atoms with Gasteiger partial charge in [-0.1, -0.05) is 24.3 Å². The lowest BCUT2D eigenvalue weighted by molar-refractivity contribution is -0.139. The number of benzene rings is 2. The largest absolute Gasteiger partial charge is 0.480 e. The van der Waals surface area contributed by atoms with Gasteiger partial charge in [0.25, 0.3) is 5.91 Å². The lowest BCUT2D eigenvalue weighted by Crippen LogP contribution is -2.41. The summed E-state index contributed by atoms with van der Waals surface area (Å²) in [7, 11) is 1.48. The summed E-state index contributed by atoms with van der Waals surface area (Å²) in [6.45, 7) is 2.18. The molecule has 0 radical (unpaired) electrons. The molecule has 2 N–H and O–H groups in total. The molecule has 0 aromatic heterocycles. The van der Waals surface area contributed by atoms with Gasteiger partial charge in [0.2, 0.25) is 0 Å². The van der Waals surface area contributed by atoms with Gasteiger partial charge in [-0.3, -0.25) is 4.79 Å². The van der Waals surface area contributed by atoms with Gasteiger partial charge in [0.05, 0.1) is 5.56 Å². The molecule has 0 heterocycles. The number of amides is 1. The second-order valence-corrected chi connectivity index (χ2v) is 5.56. The molecule has 2 rings (SSSR count). The van der Waals surface area contributed by atoms with Crippen molar-refractivity contribution in [3.63, 3.8) is 0 Å². The van der Waals surface area contributed by atoms with Gasteiger partial charge in [0.1, 0.15) is 17.5 Å². The van der Waals surface area contributed by atoms with Crippen LogP contribution in [0.5, 0.6) is 11.5 Å². The van der Waals surface area contributed by atoms with Gasteiger partial charge in [-0.2, -0.15) is 0 Å². The second kappa shape index (κ2) is 8.84. The third-order valence-electron chi connectivity index (χ3n) is 3.56. The predicted molar refractivity (Wildman–Crippen MR) is 93.1 cm³/mol. The molecule has 0 aliphatic heterocycles. The molecule has 0 bridgehead atoms. The van der Waals surface area contributed by atoms with Crippen molar-refractivity contribution in [3.05, 3.63) is 59.7 Å². The molecule has 132 valence electrons. The van der Waals surface area contributed by atoms with Crippen molar-refractivity contribution in [3.8, 4) is 11.5 Å². The zero-order valence-corrected chi connectivity index (χ0v) is 14.2. The molecule has 0 fully saturated rings. The van der Waals surface area contributed by atoms with E-state index in [2.05, 4.69) is 5.32 Å². The van der Waals surface area contributed by atoms with Crippen LogP contribution in [0.15, 0.2) is 48.5 Å². The van der Waals surface area contributed by atoms with Crippen molar-refractivity contribution in [1.29, 1.82) is 0 Å². The monoisotopic (exact) mass is 343 g/mol. The minimum absolute atomic E-state index is 0.179. The van der Waals surface area contributed by atoms with Crippen LogP contribution in [0.3, 0.4) is 0 Å². The fourth-order valence-electron chi connectivity index (χ4n) is 2.28. The third kappa shape index (κ3) is 5.32. The van der Waals surface area contributed by atoms with Gasteiger partial charge in [-0.15, -0.1) is 0 Å². The summed E-state index contributed by atoms with van der Waals surface area (Å²) < 4.78 is 10.7. The Morgan fingerprint density at radius 1 is 1.16 bits per heavy atom. The highest BCUT2D eigenvalue weighted by atomic mass is 16.5. The lowest BCUT2D eigenvalue weighted by atomic mass is 10.1. The number of hydrogen-bond acceptors (Lipinski definition) is 4. The second-order valence-electron chi connectivity index (χ2n) is 5.56. The number of ether oxygens (including phenoxy) is 2. The fraction of sp³-hybridized carbons (Fsp3) is 0.263. The molecule has 6 nitrogen and oxygen atoms in total. The molecule has 0 saturated heterocycles. The Morgan fingerprint density at radius 2 is 1.92 bits per heavy atom. The Hall–Kier alpha value is -2.86. The van der Waals surface area contributed by atoms with Gasteiger partial charge in [-0.05, 0) is 36.8 Å². The summed E-state index contributed by atoms with van der Waals surface area (Å²) in [5.41, 5.74) is 1.30. The smallest absolute Gasteiger partial charge is 0.326 e. The highest BCUT2D eigenvalue weighted by Crippen LogP contribution is 2.26. The average Bonchev–Trinajstić information content (AvgIpc) is 2.58. The van der Waals surface area contributed by atoms with Crippen LogP contribution in [0.25, 0.3) is 0 Å². The zero-order valence-electron chi connectivity index (χ0n) is 14.2. The number of carbonyl (C=O) groups is 2. The van der Waals surface area contributed by atoms with Crippen LogP contribution in [0.4, 0.5) is 0 Å². The van der Waals surface area contributed by atoms with Crippen molar-refractivity contribution in [2.24, 2.45) is 0 Å². The molecule has 1 amide bonds. The minimum Gasteiger partial charge on any atom is -0.480 e. The van der Waals surface area contributed by atoms with Crippen LogP contribution in [0.1, 0.15) is 22.3 Å². The van der Waals surface area contributed by atoms with E-state index in [1.807, 2.05) is 25.1 Å². The van der Waals surface area contributed by atoms with E-state index in [1.54, 1.807) is 30.3 Å². The molecule has 1 unspecified atom stereocenters. The van der Waals surface area contributed by atoms with Gasteiger partial charge in [0, 0.05) is 20.1 Å². The average molecular weight is 343 g/mol. The third-order valence-corrected chi connectivity index (χ3v) is 3.56. The summed E-state index contributed by atoms with van der Waals surface area (Å²) in [5.74, 6) is -0.648. The molecule has 6 heteroatoms. The Labute approximate surface area is 146 Å². The van der Waals surface area contributed by atoms with E-state index in [-0.39, 0.29) is 18.6 Å². The zero-order chi connectivity index (χ0) is 18.2. The van der Waals surface area contributed by atoms with E-state index < -0.39 is 17.9 Å². The predicted octanol–water partition coefficient (Wildman–Crippen LogP) is 3.01. The standard InChI is InChI=1S/C19H21NO5/c1-13-6-5-7-14(12-13)25-17-9-4-3-8-15(17)18(21)20-16(19(22)23)10-11-24-2/h3-9,12,16H,10-11H2,1-2H3,(H,20,21)(H,22,23). The number of carboxylic acid groups (broad SMARTS) is 1. The van der Waals surface area contributed by atoms with Crippen LogP contribution >= 0.6 is 0 Å². The molecule has 0 aliphatic rings. The van der Waals surface area contributed by atoms with Crippen LogP contribution < -0.4 is 10.1 Å². The SMILES string of the molecule is COCCC(NC(=O)c1ccccc1Oc1cccc(C)c1)C(=O)O. The van der Waals surface area contributed by atoms with Crippen molar-refractivity contribution in [2.45, 2.75) is 19.4 Å². The highest BCUT2D eigenvalue weighted by molar-refractivity contribution is 5.99. The number of methoxy groups -OCH3 is 1. The van der Waals surface area contributed by atoms with Crippen molar-refractivity contribution < 1.29 is 24.2 Å². The van der Waals surface area contributed by atoms with Crippen molar-refractivity contribution in [2.75, 3.05) is 13.7 Å². The summed E-state index contributed by atoms with van der Waals surface area (Å²) in [4.78, 5) is 23.8. The molecule has 0 aliphatic carbocycles. The Bertz CT molecular complexity index is 744. The van der Waals surface area contributed by atoms with Gasteiger partial charge in [-0.25, -0.2) is 4.79 Å². The maximum atomic E-state index is 12.5. The summed E-state index contributed by atoms with van der Waals surface area (Å²) in [6.07, 6.45) is 0.179. The Morgan fingerprint density at radius 3 is 2.60 bits per heavy atom. The first-order chi connectivity index (χ1) is 12.0. The molecule has 0 spiro atoms. The van der Waals surface area contributed by atoms with Crippen molar-refractivity contribution >= 4 is 11.9 Å². The quantitative estimate of drug-likeness (QED) is 0.770. The molecular weight excluding hydrogens is 322 g/mol. The first kappa shape index (κ1) is 18.5. The van der Waals surface area contributed by atoms with Crippen LogP contribution in [-0.2, 0) is 9.53 Å². The molecular formula is C19H21NO5. The van der Waals surface area contributed by atoms with E-state index in [0.717, 1.165) is 5.56 Å². The Balaban J connectivity index is 2.18. The number of carbonyl (C=O) groups excluding carboxylic acids is 1. The number of hydrogen-bond donors (Lipinski definition) is 2. The first-order valence-electron chi connectivity index (χ1n) is 7.87. The Kier molecular flexibility index (Phi) is 6.54. The maximum absolute atomic E-state index is 12.5. The van der Waals surface area contributed by atoms with Crippen LogP contribution in [0.2, 0.25) is 0 Å². The maximum Gasteiger partial charge on any atom is 0.326 e.